The first-order chi connectivity index (χ1) is 17.5. The maximum atomic E-state index is 13.1. The van der Waals surface area contributed by atoms with Crippen molar-refractivity contribution < 1.29 is 28.5 Å². The van der Waals surface area contributed by atoms with Crippen LogP contribution in [0.3, 0.4) is 0 Å². The third kappa shape index (κ3) is 4.51. The number of amides is 2. The molecule has 0 spiro atoms. The quantitative estimate of drug-likeness (QED) is 0.570. The highest BCUT2D eigenvalue weighted by Gasteiger charge is 2.33. The molecule has 3 aromatic rings. The largest absolute Gasteiger partial charge is 0.493 e. The van der Waals surface area contributed by atoms with Crippen LogP contribution < -0.4 is 29.2 Å². The SMILES string of the molecule is COc1cc2nc(N3CCN(C(=O)C4COc5ccccc5O4)CC3)nc(NC(C)=O)c2cc1OC. The Balaban J connectivity index is 1.33. The molecular formula is C25H27N5O6. The molecule has 1 fully saturated rings. The maximum absolute atomic E-state index is 13.1. The van der Waals surface area contributed by atoms with Crippen molar-refractivity contribution >= 4 is 34.5 Å². The molecule has 11 heteroatoms. The van der Waals surface area contributed by atoms with Crippen LogP contribution in [0.25, 0.3) is 10.9 Å². The number of benzene rings is 2. The van der Waals surface area contributed by atoms with Gasteiger partial charge in [0.2, 0.25) is 18.0 Å². The number of para-hydroxylation sites is 2. The first kappa shape index (κ1) is 23.5. The molecule has 1 atom stereocenters. The molecule has 36 heavy (non-hydrogen) atoms. The molecule has 0 aliphatic carbocycles. The van der Waals surface area contributed by atoms with Gasteiger partial charge in [0, 0.05) is 44.6 Å². The van der Waals surface area contributed by atoms with E-state index >= 15 is 0 Å². The van der Waals surface area contributed by atoms with Gasteiger partial charge in [0.1, 0.15) is 12.4 Å². The second-order valence-electron chi connectivity index (χ2n) is 8.45. The van der Waals surface area contributed by atoms with Gasteiger partial charge in [0.05, 0.1) is 19.7 Å². The summed E-state index contributed by atoms with van der Waals surface area (Å²) in [6.45, 7) is 3.60. The second kappa shape index (κ2) is 9.76. The van der Waals surface area contributed by atoms with E-state index < -0.39 is 6.10 Å². The number of aromatic nitrogens is 2. The van der Waals surface area contributed by atoms with Gasteiger partial charge in [-0.3, -0.25) is 9.59 Å². The van der Waals surface area contributed by atoms with Crippen LogP contribution in [0.5, 0.6) is 23.0 Å². The fraction of sp³-hybridized carbons (Fsp3) is 0.360. The molecular weight excluding hydrogens is 466 g/mol. The number of hydrogen-bond acceptors (Lipinski definition) is 9. The maximum Gasteiger partial charge on any atom is 0.267 e. The summed E-state index contributed by atoms with van der Waals surface area (Å²) in [4.78, 5) is 38.0. The first-order valence-corrected chi connectivity index (χ1v) is 11.6. The van der Waals surface area contributed by atoms with E-state index in [0.717, 1.165) is 0 Å². The zero-order valence-corrected chi connectivity index (χ0v) is 20.3. The highest BCUT2D eigenvalue weighted by atomic mass is 16.6. The number of carbonyl (C=O) groups is 2. The molecule has 0 saturated carbocycles. The zero-order valence-electron chi connectivity index (χ0n) is 20.3. The van der Waals surface area contributed by atoms with Gasteiger partial charge >= 0.3 is 0 Å². The summed E-state index contributed by atoms with van der Waals surface area (Å²) in [5.74, 6) is 2.73. The molecule has 188 valence electrons. The summed E-state index contributed by atoms with van der Waals surface area (Å²) in [7, 11) is 3.09. The average molecular weight is 494 g/mol. The van der Waals surface area contributed by atoms with Crippen molar-refractivity contribution in [3.63, 3.8) is 0 Å². The van der Waals surface area contributed by atoms with Crippen molar-refractivity contribution in [2.75, 3.05) is 57.2 Å². The zero-order chi connectivity index (χ0) is 25.2. The minimum Gasteiger partial charge on any atom is -0.493 e. The summed E-state index contributed by atoms with van der Waals surface area (Å²) < 4.78 is 22.4. The van der Waals surface area contributed by atoms with E-state index in [4.69, 9.17) is 23.9 Å². The van der Waals surface area contributed by atoms with Gasteiger partial charge in [-0.2, -0.15) is 4.98 Å². The van der Waals surface area contributed by atoms with Gasteiger partial charge in [-0.1, -0.05) is 12.1 Å². The summed E-state index contributed by atoms with van der Waals surface area (Å²) in [6.07, 6.45) is -0.683. The number of rotatable bonds is 5. The van der Waals surface area contributed by atoms with Crippen molar-refractivity contribution in [3.05, 3.63) is 36.4 Å². The Kier molecular flexibility index (Phi) is 6.36. The van der Waals surface area contributed by atoms with E-state index in [1.807, 2.05) is 23.1 Å². The number of methoxy groups -OCH3 is 2. The molecule has 1 aromatic heterocycles. The number of carbonyl (C=O) groups excluding carboxylic acids is 2. The lowest BCUT2D eigenvalue weighted by atomic mass is 10.2. The Hall–Kier alpha value is -4.28. The third-order valence-corrected chi connectivity index (χ3v) is 6.14. The van der Waals surface area contributed by atoms with Crippen molar-refractivity contribution in [1.82, 2.24) is 14.9 Å². The fourth-order valence-corrected chi connectivity index (χ4v) is 4.32. The van der Waals surface area contributed by atoms with E-state index in [0.29, 0.717) is 71.8 Å². The van der Waals surface area contributed by atoms with Crippen LogP contribution in [-0.2, 0) is 9.59 Å². The highest BCUT2D eigenvalue weighted by molar-refractivity contribution is 6.00. The molecule has 11 nitrogen and oxygen atoms in total. The number of nitrogens with one attached hydrogen (secondary N) is 1. The number of nitrogens with zero attached hydrogens (tertiary/aromatic N) is 4. The van der Waals surface area contributed by atoms with Crippen LogP contribution in [0.15, 0.2) is 36.4 Å². The standard InChI is InChI=1S/C25H27N5O6/c1-15(31)26-23-16-12-20(33-2)21(34-3)13-17(16)27-25(28-23)30-10-8-29(9-11-30)24(32)22-14-35-18-6-4-5-7-19(18)36-22/h4-7,12-13,22H,8-11,14H2,1-3H3,(H,26,27,28,31). The Bertz CT molecular complexity index is 1310. The lowest BCUT2D eigenvalue weighted by Gasteiger charge is -2.37. The lowest BCUT2D eigenvalue weighted by molar-refractivity contribution is -0.141. The molecule has 5 rings (SSSR count). The Morgan fingerprint density at radius 3 is 2.39 bits per heavy atom. The van der Waals surface area contributed by atoms with Crippen LogP contribution >= 0.6 is 0 Å². The summed E-state index contributed by atoms with van der Waals surface area (Å²) in [5, 5.41) is 3.42. The lowest BCUT2D eigenvalue weighted by Crippen LogP contribution is -2.54. The van der Waals surface area contributed by atoms with Crippen LogP contribution in [0.1, 0.15) is 6.92 Å². The van der Waals surface area contributed by atoms with Crippen molar-refractivity contribution in [2.24, 2.45) is 0 Å². The molecule has 2 aliphatic rings. The number of piperazine rings is 1. The number of ether oxygens (including phenoxy) is 4. The van der Waals surface area contributed by atoms with E-state index in [2.05, 4.69) is 10.3 Å². The van der Waals surface area contributed by atoms with Crippen LogP contribution in [-0.4, -0.2) is 79.8 Å². The predicted molar refractivity (Wildman–Crippen MR) is 132 cm³/mol. The minimum atomic E-state index is -0.683. The van der Waals surface area contributed by atoms with Crippen molar-refractivity contribution in [2.45, 2.75) is 13.0 Å². The number of anilines is 2. The van der Waals surface area contributed by atoms with Gasteiger partial charge < -0.3 is 34.1 Å². The molecule has 2 amide bonds. The molecule has 2 aliphatic heterocycles. The summed E-state index contributed by atoms with van der Waals surface area (Å²) >= 11 is 0. The van der Waals surface area contributed by atoms with Crippen molar-refractivity contribution in [3.8, 4) is 23.0 Å². The molecule has 2 aromatic carbocycles. The summed E-state index contributed by atoms with van der Waals surface area (Å²) in [6, 6.07) is 10.8. The van der Waals surface area contributed by atoms with Gasteiger partial charge in [0.15, 0.2) is 23.0 Å². The molecule has 1 unspecified atom stereocenters. The topological polar surface area (TPSA) is 115 Å². The molecule has 1 saturated heterocycles. The fourth-order valence-electron chi connectivity index (χ4n) is 4.32. The summed E-state index contributed by atoms with van der Waals surface area (Å²) in [5.41, 5.74) is 0.603. The molecule has 3 heterocycles. The monoisotopic (exact) mass is 493 g/mol. The van der Waals surface area contributed by atoms with Crippen LogP contribution in [0.2, 0.25) is 0 Å². The molecule has 0 bridgehead atoms. The van der Waals surface area contributed by atoms with Crippen LogP contribution in [0.4, 0.5) is 11.8 Å². The van der Waals surface area contributed by atoms with Gasteiger partial charge in [-0.25, -0.2) is 4.98 Å². The van der Waals surface area contributed by atoms with E-state index in [1.54, 1.807) is 37.3 Å². The third-order valence-electron chi connectivity index (χ3n) is 6.14. The van der Waals surface area contributed by atoms with E-state index in [9.17, 15) is 9.59 Å². The molecule has 1 N–H and O–H groups in total. The van der Waals surface area contributed by atoms with Crippen LogP contribution in [0, 0.1) is 0 Å². The highest BCUT2D eigenvalue weighted by Crippen LogP contribution is 2.35. The Morgan fingerprint density at radius 1 is 1.00 bits per heavy atom. The van der Waals surface area contributed by atoms with E-state index in [-0.39, 0.29) is 18.4 Å². The number of hydrogen-bond donors (Lipinski definition) is 1. The smallest absolute Gasteiger partial charge is 0.267 e. The van der Waals surface area contributed by atoms with Gasteiger partial charge in [-0.05, 0) is 18.2 Å². The molecule has 0 radical (unpaired) electrons. The second-order valence-corrected chi connectivity index (χ2v) is 8.45. The normalized spacial score (nSPS) is 17.0. The van der Waals surface area contributed by atoms with Crippen molar-refractivity contribution in [1.29, 1.82) is 0 Å². The first-order valence-electron chi connectivity index (χ1n) is 11.6. The van der Waals surface area contributed by atoms with Gasteiger partial charge in [0.25, 0.3) is 5.91 Å². The Morgan fingerprint density at radius 2 is 1.69 bits per heavy atom. The average Bonchev–Trinajstić information content (AvgIpc) is 2.91. The van der Waals surface area contributed by atoms with Gasteiger partial charge in [-0.15, -0.1) is 0 Å². The number of fused-ring (bicyclic) bond motifs is 2. The minimum absolute atomic E-state index is 0.112. The van der Waals surface area contributed by atoms with E-state index in [1.165, 1.54) is 6.92 Å². The Labute approximate surface area is 207 Å². The predicted octanol–water partition coefficient (Wildman–Crippen LogP) is 2.09.